The number of carbonyl (C=O) groups excluding carboxylic acids is 1. The van der Waals surface area contributed by atoms with Gasteiger partial charge in [-0.25, -0.2) is 4.79 Å². The van der Waals surface area contributed by atoms with E-state index in [1.165, 1.54) is 0 Å². The summed E-state index contributed by atoms with van der Waals surface area (Å²) in [7, 11) is 0. The minimum absolute atomic E-state index is 0.122. The van der Waals surface area contributed by atoms with Crippen molar-refractivity contribution >= 4 is 11.9 Å². The van der Waals surface area contributed by atoms with Gasteiger partial charge in [0.05, 0.1) is 0 Å². The molecule has 1 unspecified atom stereocenters. The van der Waals surface area contributed by atoms with E-state index in [1.54, 1.807) is 0 Å². The predicted molar refractivity (Wildman–Crippen MR) is 64.3 cm³/mol. The third kappa shape index (κ3) is 5.17. The quantitative estimate of drug-likeness (QED) is 0.613. The number of hydrogen-bond donors (Lipinski definition) is 3. The Hall–Kier alpha value is -1.10. The van der Waals surface area contributed by atoms with Gasteiger partial charge in [-0.1, -0.05) is 13.8 Å². The van der Waals surface area contributed by atoms with Crippen LogP contribution >= 0.6 is 0 Å². The molecule has 1 aliphatic carbocycles. The summed E-state index contributed by atoms with van der Waals surface area (Å²) < 4.78 is 0. The van der Waals surface area contributed by atoms with Crippen molar-refractivity contribution in [2.45, 2.75) is 51.6 Å². The Morgan fingerprint density at radius 1 is 1.41 bits per heavy atom. The van der Waals surface area contributed by atoms with Gasteiger partial charge in [-0.3, -0.25) is 4.79 Å². The maximum Gasteiger partial charge on any atom is 0.326 e. The predicted octanol–water partition coefficient (Wildman–Crippen LogP) is 0.729. The molecule has 1 aliphatic rings. The lowest BCUT2D eigenvalue weighted by Crippen LogP contribution is -2.43. The largest absolute Gasteiger partial charge is 0.480 e. The lowest BCUT2D eigenvalue weighted by Gasteiger charge is -2.17. The first kappa shape index (κ1) is 14.0. The smallest absolute Gasteiger partial charge is 0.326 e. The highest BCUT2D eigenvalue weighted by Gasteiger charge is 2.30. The lowest BCUT2D eigenvalue weighted by atomic mass is 10.0. The van der Waals surface area contributed by atoms with Gasteiger partial charge >= 0.3 is 5.97 Å². The van der Waals surface area contributed by atoms with Crippen molar-refractivity contribution in [3.05, 3.63) is 0 Å². The number of carbonyl (C=O) groups is 2. The molecule has 0 bridgehead atoms. The second kappa shape index (κ2) is 6.00. The fourth-order valence-corrected chi connectivity index (χ4v) is 1.85. The van der Waals surface area contributed by atoms with E-state index in [1.807, 2.05) is 13.8 Å². The van der Waals surface area contributed by atoms with Crippen molar-refractivity contribution in [3.63, 3.8) is 0 Å². The summed E-state index contributed by atoms with van der Waals surface area (Å²) in [6.45, 7) is 3.86. The van der Waals surface area contributed by atoms with Gasteiger partial charge in [0.2, 0.25) is 5.91 Å². The van der Waals surface area contributed by atoms with Crippen molar-refractivity contribution in [2.24, 2.45) is 17.6 Å². The summed E-state index contributed by atoms with van der Waals surface area (Å²) in [6.07, 6.45) is 2.85. The molecule has 0 radical (unpaired) electrons. The number of amides is 1. The highest BCUT2D eigenvalue weighted by Crippen LogP contribution is 2.32. The van der Waals surface area contributed by atoms with Gasteiger partial charge < -0.3 is 16.2 Å². The molecule has 1 rings (SSSR count). The summed E-state index contributed by atoms with van der Waals surface area (Å²) in [4.78, 5) is 22.6. The molecule has 0 saturated heterocycles. The zero-order valence-corrected chi connectivity index (χ0v) is 10.5. The van der Waals surface area contributed by atoms with Gasteiger partial charge in [0.1, 0.15) is 6.04 Å². The van der Waals surface area contributed by atoms with E-state index in [0.29, 0.717) is 12.3 Å². The minimum Gasteiger partial charge on any atom is -0.480 e. The van der Waals surface area contributed by atoms with Gasteiger partial charge in [0, 0.05) is 12.5 Å². The van der Waals surface area contributed by atoms with E-state index in [0.717, 1.165) is 12.8 Å². The second-order valence-electron chi connectivity index (χ2n) is 5.29. The van der Waals surface area contributed by atoms with Crippen molar-refractivity contribution in [1.82, 2.24) is 5.32 Å². The van der Waals surface area contributed by atoms with Crippen LogP contribution in [0.2, 0.25) is 0 Å². The molecule has 1 fully saturated rings. The molecule has 2 atom stereocenters. The van der Waals surface area contributed by atoms with E-state index < -0.39 is 12.0 Å². The Morgan fingerprint density at radius 3 is 2.41 bits per heavy atom. The van der Waals surface area contributed by atoms with Gasteiger partial charge in [-0.2, -0.15) is 0 Å². The average molecular weight is 242 g/mol. The first-order valence-electron chi connectivity index (χ1n) is 6.18. The van der Waals surface area contributed by atoms with Crippen LogP contribution in [0.3, 0.4) is 0 Å². The third-order valence-corrected chi connectivity index (χ3v) is 2.99. The van der Waals surface area contributed by atoms with Gasteiger partial charge in [0.25, 0.3) is 0 Å². The number of carboxylic acids is 1. The molecule has 0 aromatic rings. The highest BCUT2D eigenvalue weighted by molar-refractivity contribution is 5.83. The van der Waals surface area contributed by atoms with Crippen molar-refractivity contribution in [2.75, 3.05) is 0 Å². The molecule has 17 heavy (non-hydrogen) atoms. The standard InChI is InChI=1S/C12H22N2O3/c1-7(2)5-10(12(16)17)14-11(15)6-9(13)8-3-4-8/h7-10H,3-6,13H2,1-2H3,(H,14,15)(H,16,17)/t9?,10-/m0/s1. The molecule has 1 saturated carbocycles. The molecule has 5 nitrogen and oxygen atoms in total. The Bertz CT molecular complexity index is 287. The maximum absolute atomic E-state index is 11.6. The molecule has 0 aromatic heterocycles. The second-order valence-corrected chi connectivity index (χ2v) is 5.29. The number of nitrogens with one attached hydrogen (secondary N) is 1. The molecule has 98 valence electrons. The van der Waals surface area contributed by atoms with Gasteiger partial charge in [-0.05, 0) is 31.1 Å². The molecule has 0 aliphatic heterocycles. The topological polar surface area (TPSA) is 92.4 Å². The Morgan fingerprint density at radius 2 is 2.00 bits per heavy atom. The van der Waals surface area contributed by atoms with E-state index in [9.17, 15) is 9.59 Å². The third-order valence-electron chi connectivity index (χ3n) is 2.99. The first-order valence-corrected chi connectivity index (χ1v) is 6.18. The summed E-state index contributed by atoms with van der Waals surface area (Å²) in [6, 6.07) is -0.919. The normalized spacial score (nSPS) is 18.8. The summed E-state index contributed by atoms with van der Waals surface area (Å²) in [5, 5.41) is 11.5. The van der Waals surface area contributed by atoms with Crippen molar-refractivity contribution in [1.29, 1.82) is 0 Å². The van der Waals surface area contributed by atoms with Crippen LogP contribution in [0.1, 0.15) is 39.5 Å². The van der Waals surface area contributed by atoms with Crippen LogP contribution in [0.4, 0.5) is 0 Å². The van der Waals surface area contributed by atoms with Crippen LogP contribution in [0, 0.1) is 11.8 Å². The fraction of sp³-hybridized carbons (Fsp3) is 0.833. The van der Waals surface area contributed by atoms with Crippen LogP contribution in [-0.2, 0) is 9.59 Å². The fourth-order valence-electron chi connectivity index (χ4n) is 1.85. The zero-order valence-electron chi connectivity index (χ0n) is 10.5. The Balaban J connectivity index is 2.37. The first-order chi connectivity index (χ1) is 7.90. The zero-order chi connectivity index (χ0) is 13.0. The van der Waals surface area contributed by atoms with Crippen LogP contribution in [0.5, 0.6) is 0 Å². The van der Waals surface area contributed by atoms with Crippen LogP contribution in [-0.4, -0.2) is 29.1 Å². The maximum atomic E-state index is 11.6. The average Bonchev–Trinajstić information content (AvgIpc) is 2.98. The van der Waals surface area contributed by atoms with Crippen molar-refractivity contribution in [3.8, 4) is 0 Å². The van der Waals surface area contributed by atoms with E-state index in [-0.39, 0.29) is 24.3 Å². The van der Waals surface area contributed by atoms with Crippen molar-refractivity contribution < 1.29 is 14.7 Å². The van der Waals surface area contributed by atoms with E-state index >= 15 is 0 Å². The summed E-state index contributed by atoms with van der Waals surface area (Å²) >= 11 is 0. The molecule has 5 heteroatoms. The van der Waals surface area contributed by atoms with Gasteiger partial charge in [0.15, 0.2) is 0 Å². The minimum atomic E-state index is -0.980. The van der Waals surface area contributed by atoms with Gasteiger partial charge in [-0.15, -0.1) is 0 Å². The molecular weight excluding hydrogens is 220 g/mol. The number of carboxylic acid groups (broad SMARTS) is 1. The lowest BCUT2D eigenvalue weighted by molar-refractivity contribution is -0.142. The summed E-state index contributed by atoms with van der Waals surface area (Å²) in [5.74, 6) is -0.549. The van der Waals surface area contributed by atoms with E-state index in [2.05, 4.69) is 5.32 Å². The van der Waals surface area contributed by atoms with Crippen LogP contribution in [0.15, 0.2) is 0 Å². The molecule has 0 heterocycles. The number of hydrogen-bond acceptors (Lipinski definition) is 3. The number of aliphatic carboxylic acids is 1. The van der Waals surface area contributed by atoms with E-state index in [4.69, 9.17) is 10.8 Å². The molecular formula is C12H22N2O3. The van der Waals surface area contributed by atoms with Crippen LogP contribution < -0.4 is 11.1 Å². The SMILES string of the molecule is CC(C)C[C@H](NC(=O)CC(N)C1CC1)C(=O)O. The monoisotopic (exact) mass is 242 g/mol. The molecule has 0 spiro atoms. The van der Waals surface area contributed by atoms with Crippen LogP contribution in [0.25, 0.3) is 0 Å². The summed E-state index contributed by atoms with van der Waals surface area (Å²) in [5.41, 5.74) is 5.82. The molecule has 0 aromatic carbocycles. The molecule has 4 N–H and O–H groups in total. The highest BCUT2D eigenvalue weighted by atomic mass is 16.4. The Kier molecular flexibility index (Phi) is 4.93. The number of rotatable bonds is 7. The molecule has 1 amide bonds. The number of nitrogens with two attached hydrogens (primary N) is 1. The Labute approximate surface area is 102 Å².